The normalized spacial score (nSPS) is 11.8. The van der Waals surface area contributed by atoms with Crippen LogP contribution >= 0.6 is 15.9 Å². The molecule has 0 aliphatic heterocycles. The Balaban J connectivity index is 1.66. The molecule has 0 radical (unpaired) electrons. The highest BCUT2D eigenvalue weighted by Crippen LogP contribution is 2.31. The summed E-state index contributed by atoms with van der Waals surface area (Å²) in [5, 5.41) is 11.0. The summed E-state index contributed by atoms with van der Waals surface area (Å²) in [6.45, 7) is 5.24. The molecule has 0 bridgehead atoms. The minimum atomic E-state index is -3.48. The summed E-state index contributed by atoms with van der Waals surface area (Å²) >= 11 is 3.43. The van der Waals surface area contributed by atoms with Crippen molar-refractivity contribution in [3.63, 3.8) is 0 Å². The lowest BCUT2D eigenvalue weighted by Crippen LogP contribution is -2.15. The molecule has 11 heteroatoms. The molecule has 0 fully saturated rings. The van der Waals surface area contributed by atoms with Gasteiger partial charge in [0.2, 0.25) is 5.95 Å². The number of sulfone groups is 1. The van der Waals surface area contributed by atoms with Crippen LogP contribution in [0.3, 0.4) is 0 Å². The van der Waals surface area contributed by atoms with Gasteiger partial charge in [0, 0.05) is 18.6 Å². The number of benzene rings is 1. The van der Waals surface area contributed by atoms with E-state index in [2.05, 4.69) is 46.6 Å². The maximum atomic E-state index is 12.8. The number of halogens is 1. The molecule has 0 unspecified atom stereocenters. The van der Waals surface area contributed by atoms with E-state index in [0.29, 0.717) is 27.6 Å². The molecule has 2 N–H and O–H groups in total. The van der Waals surface area contributed by atoms with Gasteiger partial charge in [-0.05, 0) is 54.9 Å². The third-order valence-electron chi connectivity index (χ3n) is 4.93. The third kappa shape index (κ3) is 4.17. The van der Waals surface area contributed by atoms with Crippen LogP contribution in [0.4, 0.5) is 23.1 Å². The fourth-order valence-corrected chi connectivity index (χ4v) is 4.71. The number of fused-ring (bicyclic) bond motifs is 1. The molecule has 0 atom stereocenters. The quantitative estimate of drug-likeness (QED) is 0.385. The van der Waals surface area contributed by atoms with Gasteiger partial charge in [0.05, 0.1) is 37.9 Å². The van der Waals surface area contributed by atoms with Gasteiger partial charge in [0.25, 0.3) is 0 Å². The highest BCUT2D eigenvalue weighted by Gasteiger charge is 2.23. The number of anilines is 4. The summed E-state index contributed by atoms with van der Waals surface area (Å²) in [4.78, 5) is 13.5. The Bertz CT molecular complexity index is 1420. The molecule has 4 aromatic rings. The number of hydrogen-bond donors (Lipinski definition) is 2. The highest BCUT2D eigenvalue weighted by atomic mass is 79.9. The average Bonchev–Trinajstić information content (AvgIpc) is 3.04. The van der Waals surface area contributed by atoms with Crippen LogP contribution in [0.1, 0.15) is 19.5 Å². The zero-order chi connectivity index (χ0) is 23.0. The third-order valence-corrected chi connectivity index (χ3v) is 7.72. The number of pyridine rings is 1. The van der Waals surface area contributed by atoms with E-state index >= 15 is 0 Å². The predicted molar refractivity (Wildman–Crippen MR) is 128 cm³/mol. The summed E-state index contributed by atoms with van der Waals surface area (Å²) < 4.78 is 27.8. The van der Waals surface area contributed by atoms with E-state index in [9.17, 15) is 8.42 Å². The van der Waals surface area contributed by atoms with Gasteiger partial charge in [0.15, 0.2) is 15.5 Å². The largest absolute Gasteiger partial charge is 0.338 e. The van der Waals surface area contributed by atoms with E-state index in [1.807, 2.05) is 20.0 Å². The van der Waals surface area contributed by atoms with Gasteiger partial charge < -0.3 is 10.6 Å². The van der Waals surface area contributed by atoms with Crippen LogP contribution in [0.2, 0.25) is 0 Å². The summed E-state index contributed by atoms with van der Waals surface area (Å²) in [6.07, 6.45) is 3.28. The molecule has 32 heavy (non-hydrogen) atoms. The minimum Gasteiger partial charge on any atom is -0.338 e. The van der Waals surface area contributed by atoms with Gasteiger partial charge >= 0.3 is 0 Å². The van der Waals surface area contributed by atoms with E-state index in [4.69, 9.17) is 0 Å². The summed E-state index contributed by atoms with van der Waals surface area (Å²) in [5.74, 6) is 0.767. The highest BCUT2D eigenvalue weighted by molar-refractivity contribution is 9.10. The first kappa shape index (κ1) is 22.2. The smallest absolute Gasteiger partial charge is 0.229 e. The maximum Gasteiger partial charge on any atom is 0.229 e. The molecule has 4 rings (SSSR count). The Morgan fingerprint density at radius 1 is 1.09 bits per heavy atom. The summed E-state index contributed by atoms with van der Waals surface area (Å²) in [7, 11) is -1.63. The molecule has 3 aromatic heterocycles. The van der Waals surface area contributed by atoms with Crippen molar-refractivity contribution in [2.75, 3.05) is 10.6 Å². The molecule has 0 saturated carbocycles. The Morgan fingerprint density at radius 2 is 1.84 bits per heavy atom. The zero-order valence-electron chi connectivity index (χ0n) is 18.0. The summed E-state index contributed by atoms with van der Waals surface area (Å²) in [5.41, 5.74) is 2.82. The van der Waals surface area contributed by atoms with Crippen LogP contribution in [0.5, 0.6) is 0 Å². The van der Waals surface area contributed by atoms with Gasteiger partial charge in [-0.15, -0.1) is 0 Å². The maximum absolute atomic E-state index is 12.8. The lowest BCUT2D eigenvalue weighted by Gasteiger charge is -2.15. The Labute approximate surface area is 194 Å². The van der Waals surface area contributed by atoms with Crippen molar-refractivity contribution in [1.82, 2.24) is 24.7 Å². The van der Waals surface area contributed by atoms with E-state index in [0.717, 1.165) is 16.7 Å². The standard InChI is InChI=1S/C21H22BrN7O2S/c1-12(2)32(30,31)18-8-6-5-7-17(18)26-19-16(22)11-24-21(27-19)25-14-9-15-13(3)28-29(4)20(15)23-10-14/h5-12H,1-4H3,(H2,24,25,26,27). The minimum absolute atomic E-state index is 0.219. The number of rotatable bonds is 6. The molecule has 9 nitrogen and oxygen atoms in total. The van der Waals surface area contributed by atoms with Crippen LogP contribution in [0.15, 0.2) is 52.1 Å². The predicted octanol–water partition coefficient (Wildman–Crippen LogP) is 4.50. The second-order valence-electron chi connectivity index (χ2n) is 7.53. The molecule has 0 amide bonds. The molecule has 0 aliphatic rings. The van der Waals surface area contributed by atoms with Gasteiger partial charge in [-0.25, -0.2) is 18.4 Å². The second-order valence-corrected chi connectivity index (χ2v) is 10.9. The number of aryl methyl sites for hydroxylation is 2. The van der Waals surface area contributed by atoms with Gasteiger partial charge in [-0.2, -0.15) is 10.1 Å². The molecule has 1 aromatic carbocycles. The van der Waals surface area contributed by atoms with E-state index < -0.39 is 15.1 Å². The van der Waals surface area contributed by atoms with Crippen molar-refractivity contribution in [3.05, 3.63) is 52.9 Å². The second kappa shape index (κ2) is 8.47. The lowest BCUT2D eigenvalue weighted by atomic mass is 10.2. The van der Waals surface area contributed by atoms with E-state index in [1.165, 1.54) is 0 Å². The Kier molecular flexibility index (Phi) is 5.87. The lowest BCUT2D eigenvalue weighted by molar-refractivity contribution is 0.588. The van der Waals surface area contributed by atoms with Crippen LogP contribution in [-0.2, 0) is 16.9 Å². The Hall–Kier alpha value is -3.05. The van der Waals surface area contributed by atoms with Crippen molar-refractivity contribution < 1.29 is 8.42 Å². The van der Waals surface area contributed by atoms with E-state index in [1.54, 1.807) is 55.2 Å². The van der Waals surface area contributed by atoms with Crippen molar-refractivity contribution >= 4 is 59.9 Å². The van der Waals surface area contributed by atoms with Gasteiger partial charge in [-0.3, -0.25) is 4.68 Å². The first-order valence-corrected chi connectivity index (χ1v) is 12.2. The van der Waals surface area contributed by atoms with Crippen LogP contribution < -0.4 is 10.6 Å². The number of nitrogens with zero attached hydrogens (tertiary/aromatic N) is 5. The number of para-hydroxylation sites is 1. The molecule has 0 spiro atoms. The van der Waals surface area contributed by atoms with E-state index in [-0.39, 0.29) is 4.90 Å². The molecular weight excluding hydrogens is 494 g/mol. The van der Waals surface area contributed by atoms with Crippen molar-refractivity contribution in [2.45, 2.75) is 30.9 Å². The van der Waals surface area contributed by atoms with Crippen molar-refractivity contribution in [3.8, 4) is 0 Å². The fraction of sp³-hybridized carbons (Fsp3) is 0.238. The molecule has 0 aliphatic carbocycles. The molecular formula is C21H22BrN7O2S. The monoisotopic (exact) mass is 515 g/mol. The fourth-order valence-electron chi connectivity index (χ4n) is 3.22. The van der Waals surface area contributed by atoms with Crippen molar-refractivity contribution in [1.29, 1.82) is 0 Å². The summed E-state index contributed by atoms with van der Waals surface area (Å²) in [6, 6.07) is 8.70. The topological polar surface area (TPSA) is 115 Å². The first-order chi connectivity index (χ1) is 15.2. The Morgan fingerprint density at radius 3 is 2.59 bits per heavy atom. The molecule has 0 saturated heterocycles. The molecule has 3 heterocycles. The number of aromatic nitrogens is 5. The first-order valence-electron chi connectivity index (χ1n) is 9.85. The van der Waals surface area contributed by atoms with Crippen LogP contribution in [-0.4, -0.2) is 38.4 Å². The van der Waals surface area contributed by atoms with Crippen LogP contribution in [0, 0.1) is 6.92 Å². The SMILES string of the molecule is Cc1nn(C)c2ncc(Nc3ncc(Br)c(Nc4ccccc4S(=O)(=O)C(C)C)n3)cc12. The molecule has 166 valence electrons. The van der Waals surface area contributed by atoms with Crippen molar-refractivity contribution in [2.24, 2.45) is 7.05 Å². The number of nitrogens with one attached hydrogen (secondary N) is 2. The van der Waals surface area contributed by atoms with Gasteiger partial charge in [0.1, 0.15) is 5.82 Å². The average molecular weight is 516 g/mol. The van der Waals surface area contributed by atoms with Crippen LogP contribution in [0.25, 0.3) is 11.0 Å². The zero-order valence-corrected chi connectivity index (χ0v) is 20.4. The number of hydrogen-bond acceptors (Lipinski definition) is 8. The van der Waals surface area contributed by atoms with Gasteiger partial charge in [-0.1, -0.05) is 12.1 Å².